The van der Waals surface area contributed by atoms with Gasteiger partial charge < -0.3 is 0 Å². The quantitative estimate of drug-likeness (QED) is 0.170. The Morgan fingerprint density at radius 2 is 0.660 bits per heavy atom. The minimum Gasteiger partial charge on any atom is -0.135 e. The summed E-state index contributed by atoms with van der Waals surface area (Å²) in [7, 11) is 0. The molecule has 3 heterocycles. The van der Waals surface area contributed by atoms with Crippen molar-refractivity contribution >= 4 is 117 Å². The Labute approximate surface area is 317 Å². The molecule has 0 radical (unpaired) electrons. The van der Waals surface area contributed by atoms with Crippen molar-refractivity contribution < 1.29 is 0 Å². The molecule has 0 unspecified atom stereocenters. The predicted molar refractivity (Wildman–Crippen MR) is 236 cm³/mol. The van der Waals surface area contributed by atoms with Gasteiger partial charge >= 0.3 is 0 Å². The molecule has 3 aromatic heterocycles. The topological polar surface area (TPSA) is 0 Å². The lowest BCUT2D eigenvalue weighted by Gasteiger charge is -2.09. The number of benzene rings is 9. The van der Waals surface area contributed by atoms with Crippen LogP contribution in [0.4, 0.5) is 0 Å². The number of rotatable bonds is 3. The molecular formula is C50H28S3. The lowest BCUT2D eigenvalue weighted by atomic mass is 9.96. The van der Waals surface area contributed by atoms with Crippen molar-refractivity contribution in [3.05, 3.63) is 170 Å². The van der Waals surface area contributed by atoms with Crippen molar-refractivity contribution in [2.75, 3.05) is 0 Å². The third kappa shape index (κ3) is 4.78. The van der Waals surface area contributed by atoms with Crippen molar-refractivity contribution in [2.24, 2.45) is 0 Å². The van der Waals surface area contributed by atoms with Crippen molar-refractivity contribution in [3.8, 4) is 32.7 Å². The van der Waals surface area contributed by atoms with Crippen LogP contribution in [-0.4, -0.2) is 0 Å². The first kappa shape index (κ1) is 29.7. The lowest BCUT2D eigenvalue weighted by Crippen LogP contribution is -1.83. The Morgan fingerprint density at radius 1 is 0.245 bits per heavy atom. The third-order valence-corrected chi connectivity index (χ3v) is 14.6. The number of thiophene rings is 3. The van der Waals surface area contributed by atoms with Gasteiger partial charge in [0.05, 0.1) is 9.40 Å². The average molecular weight is 725 g/mol. The van der Waals surface area contributed by atoms with Gasteiger partial charge in [0.15, 0.2) is 0 Å². The van der Waals surface area contributed by atoms with Crippen LogP contribution in [-0.2, 0) is 0 Å². The third-order valence-electron chi connectivity index (χ3n) is 11.0. The van der Waals surface area contributed by atoms with Crippen LogP contribution in [0.3, 0.4) is 0 Å². The molecule has 3 heteroatoms. The summed E-state index contributed by atoms with van der Waals surface area (Å²) in [6.45, 7) is 0. The highest BCUT2D eigenvalue weighted by atomic mass is 32.1. The zero-order chi connectivity index (χ0) is 34.6. The van der Waals surface area contributed by atoms with Gasteiger partial charge in [-0.3, -0.25) is 0 Å². The zero-order valence-corrected chi connectivity index (χ0v) is 30.8. The molecule has 0 aliphatic carbocycles. The summed E-state index contributed by atoms with van der Waals surface area (Å²) < 4.78 is 6.90. The highest BCUT2D eigenvalue weighted by Gasteiger charge is 2.15. The van der Waals surface area contributed by atoms with E-state index in [1.165, 1.54) is 115 Å². The maximum Gasteiger partial charge on any atom is 0.0542 e. The van der Waals surface area contributed by atoms with Crippen molar-refractivity contribution in [1.82, 2.24) is 0 Å². The number of hydrogen-bond acceptors (Lipinski definition) is 3. The van der Waals surface area contributed by atoms with E-state index < -0.39 is 0 Å². The van der Waals surface area contributed by atoms with E-state index in [1.54, 1.807) is 0 Å². The smallest absolute Gasteiger partial charge is 0.0542 e. The molecule has 0 aliphatic heterocycles. The molecule has 246 valence electrons. The van der Waals surface area contributed by atoms with Crippen molar-refractivity contribution in [3.63, 3.8) is 0 Å². The fourth-order valence-corrected chi connectivity index (χ4v) is 12.0. The summed E-state index contributed by atoms with van der Waals surface area (Å²) in [5.74, 6) is 0. The minimum atomic E-state index is 1.24. The molecule has 12 rings (SSSR count). The van der Waals surface area contributed by atoms with Crippen LogP contribution >= 0.6 is 34.0 Å². The molecule has 0 saturated heterocycles. The van der Waals surface area contributed by atoms with Crippen LogP contribution in [0, 0.1) is 0 Å². The monoisotopic (exact) mass is 724 g/mol. The van der Waals surface area contributed by atoms with Crippen molar-refractivity contribution in [2.45, 2.75) is 0 Å². The predicted octanol–water partition coefficient (Wildman–Crippen LogP) is 16.1. The van der Waals surface area contributed by atoms with E-state index >= 15 is 0 Å². The van der Waals surface area contributed by atoms with Gasteiger partial charge in [-0.05, 0) is 137 Å². The molecule has 9 aromatic carbocycles. The molecule has 0 atom stereocenters. The summed E-state index contributed by atoms with van der Waals surface area (Å²) in [5, 5.41) is 14.4. The van der Waals surface area contributed by atoms with E-state index in [0.717, 1.165) is 0 Å². The molecule has 0 N–H and O–H groups in total. The Balaban J connectivity index is 0.851. The van der Waals surface area contributed by atoms with Gasteiger partial charge in [0.2, 0.25) is 0 Å². The van der Waals surface area contributed by atoms with E-state index in [9.17, 15) is 0 Å². The molecule has 0 nitrogen and oxygen atoms in total. The SMILES string of the molecule is c1ccc2cc3sc(-c4ccc(-c5ccc6cc(-c7ccc8cc9c(cc8c7)sc7c8cc%10ccccc%10cc8sc97)ccc6c5)cc4)cc3cc2c1. The first-order valence-electron chi connectivity index (χ1n) is 18.0. The number of fused-ring (bicyclic) bond motifs is 10. The molecule has 0 amide bonds. The average Bonchev–Trinajstić information content (AvgIpc) is 3.89. The van der Waals surface area contributed by atoms with Gasteiger partial charge in [0, 0.05) is 29.7 Å². The van der Waals surface area contributed by atoms with Gasteiger partial charge in [-0.15, -0.1) is 34.0 Å². The summed E-state index contributed by atoms with van der Waals surface area (Å²) >= 11 is 5.74. The first-order valence-corrected chi connectivity index (χ1v) is 20.4. The van der Waals surface area contributed by atoms with E-state index in [4.69, 9.17) is 0 Å². The van der Waals surface area contributed by atoms with E-state index in [1.807, 2.05) is 34.0 Å². The zero-order valence-electron chi connectivity index (χ0n) is 28.4. The first-order chi connectivity index (χ1) is 26.2. The maximum absolute atomic E-state index is 2.40. The number of hydrogen-bond donors (Lipinski definition) is 0. The molecule has 0 fully saturated rings. The second-order valence-electron chi connectivity index (χ2n) is 14.2. The largest absolute Gasteiger partial charge is 0.135 e. The maximum atomic E-state index is 2.40. The Hall–Kier alpha value is -5.84. The fourth-order valence-electron chi connectivity index (χ4n) is 8.17. The summed E-state index contributed by atoms with van der Waals surface area (Å²) in [5.41, 5.74) is 6.25. The summed E-state index contributed by atoms with van der Waals surface area (Å²) in [6, 6.07) is 63.6. The van der Waals surface area contributed by atoms with Gasteiger partial charge in [-0.2, -0.15) is 0 Å². The molecule has 53 heavy (non-hydrogen) atoms. The van der Waals surface area contributed by atoms with Gasteiger partial charge in [-0.25, -0.2) is 0 Å². The molecule has 0 aliphatic rings. The van der Waals surface area contributed by atoms with E-state index in [0.29, 0.717) is 0 Å². The Morgan fingerprint density at radius 3 is 1.26 bits per heavy atom. The molecular weight excluding hydrogens is 697 g/mol. The van der Waals surface area contributed by atoms with Crippen LogP contribution < -0.4 is 0 Å². The van der Waals surface area contributed by atoms with Crippen LogP contribution in [0.25, 0.3) is 115 Å². The van der Waals surface area contributed by atoms with E-state index in [2.05, 4.69) is 170 Å². The van der Waals surface area contributed by atoms with E-state index in [-0.39, 0.29) is 0 Å². The highest BCUT2D eigenvalue weighted by Crippen LogP contribution is 2.46. The Bertz CT molecular complexity index is 3390. The van der Waals surface area contributed by atoms with Gasteiger partial charge in [-0.1, -0.05) is 109 Å². The summed E-state index contributed by atoms with van der Waals surface area (Å²) in [6.07, 6.45) is 0. The normalized spacial score (nSPS) is 12.2. The highest BCUT2D eigenvalue weighted by molar-refractivity contribution is 7.36. The minimum absolute atomic E-state index is 1.24. The molecule has 0 spiro atoms. The van der Waals surface area contributed by atoms with Crippen LogP contribution in [0.2, 0.25) is 0 Å². The van der Waals surface area contributed by atoms with Gasteiger partial charge in [0.1, 0.15) is 0 Å². The molecule has 12 aromatic rings. The molecule has 0 saturated carbocycles. The lowest BCUT2D eigenvalue weighted by molar-refractivity contribution is 1.63. The fraction of sp³-hybridized carbons (Fsp3) is 0. The van der Waals surface area contributed by atoms with Gasteiger partial charge in [0.25, 0.3) is 0 Å². The standard InChI is InChI=1S/C50H28S3/c1-3-7-33-25-46-42(22-31(33)5-1)28-45(51-46)30-11-9-29(10-12-30)35-13-14-37-20-38(16-15-36(37)19-35)39-17-18-40-24-44-48(27-41(40)21-39)53-49-43-23-32-6-2-4-8-34(32)26-47(43)52-50(44)49/h1-28H. The van der Waals surface area contributed by atoms with Crippen LogP contribution in [0.1, 0.15) is 0 Å². The summed E-state index contributed by atoms with van der Waals surface area (Å²) in [4.78, 5) is 1.31. The van der Waals surface area contributed by atoms with Crippen molar-refractivity contribution in [1.29, 1.82) is 0 Å². The Kier molecular flexibility index (Phi) is 6.35. The molecule has 0 bridgehead atoms. The van der Waals surface area contributed by atoms with Crippen LogP contribution in [0.5, 0.6) is 0 Å². The second kappa shape index (κ2) is 11.3. The second-order valence-corrected chi connectivity index (χ2v) is 17.4. The van der Waals surface area contributed by atoms with Crippen LogP contribution in [0.15, 0.2) is 170 Å².